The number of amides is 1. The Morgan fingerprint density at radius 2 is 2.07 bits per heavy atom. The minimum Gasteiger partial charge on any atom is -0.449 e. The monoisotopic (exact) mass is 204 g/mol. The molecular weight excluding hydrogens is 184 g/mol. The molecule has 0 aromatic heterocycles. The number of ether oxygens (including phenoxy) is 2. The van der Waals surface area contributed by atoms with Crippen LogP contribution in [0.15, 0.2) is 0 Å². The van der Waals surface area contributed by atoms with Crippen LogP contribution < -0.4 is 11.1 Å². The Bertz CT molecular complexity index is 162. The molecule has 0 spiro atoms. The van der Waals surface area contributed by atoms with Crippen molar-refractivity contribution in [2.24, 2.45) is 11.7 Å². The Morgan fingerprint density at radius 3 is 2.50 bits per heavy atom. The quantitative estimate of drug-likeness (QED) is 0.654. The third-order valence-corrected chi connectivity index (χ3v) is 1.52. The lowest BCUT2D eigenvalue weighted by Gasteiger charge is -2.16. The summed E-state index contributed by atoms with van der Waals surface area (Å²) in [5.74, 6) is 0.333. The third kappa shape index (κ3) is 6.68. The summed E-state index contributed by atoms with van der Waals surface area (Å²) in [5.41, 5.74) is 5.41. The van der Waals surface area contributed by atoms with E-state index < -0.39 is 6.09 Å². The van der Waals surface area contributed by atoms with Gasteiger partial charge >= 0.3 is 6.09 Å². The highest BCUT2D eigenvalue weighted by Crippen LogP contribution is 1.93. The SMILES string of the molecule is COCC(CN)NC(=O)OCC(C)C. The Hall–Kier alpha value is -0.810. The number of carbonyl (C=O) groups is 1. The van der Waals surface area contributed by atoms with Crippen LogP contribution >= 0.6 is 0 Å². The van der Waals surface area contributed by atoms with Crippen LogP contribution in [0.2, 0.25) is 0 Å². The predicted octanol–water partition coefficient (Wildman–Crippen LogP) is 0.342. The molecular formula is C9H20N2O3. The van der Waals surface area contributed by atoms with Crippen molar-refractivity contribution in [2.45, 2.75) is 19.9 Å². The molecule has 0 aromatic rings. The second-order valence-corrected chi connectivity index (χ2v) is 3.52. The zero-order valence-corrected chi connectivity index (χ0v) is 9.08. The fourth-order valence-corrected chi connectivity index (χ4v) is 0.821. The molecule has 0 aliphatic carbocycles. The molecule has 1 amide bonds. The first-order chi connectivity index (χ1) is 6.60. The first-order valence-electron chi connectivity index (χ1n) is 4.72. The molecule has 14 heavy (non-hydrogen) atoms. The van der Waals surface area contributed by atoms with E-state index in [0.29, 0.717) is 25.7 Å². The first kappa shape index (κ1) is 13.2. The number of methoxy groups -OCH3 is 1. The lowest BCUT2D eigenvalue weighted by atomic mass is 10.2. The standard InChI is InChI=1S/C9H20N2O3/c1-7(2)5-14-9(12)11-8(4-10)6-13-3/h7-8H,4-6,10H2,1-3H3,(H,11,12). The van der Waals surface area contributed by atoms with E-state index in [-0.39, 0.29) is 6.04 Å². The summed E-state index contributed by atoms with van der Waals surface area (Å²) in [6.07, 6.45) is -0.439. The highest BCUT2D eigenvalue weighted by molar-refractivity contribution is 5.67. The van der Waals surface area contributed by atoms with Gasteiger partial charge < -0.3 is 20.5 Å². The highest BCUT2D eigenvalue weighted by atomic mass is 16.5. The largest absolute Gasteiger partial charge is 0.449 e. The smallest absolute Gasteiger partial charge is 0.407 e. The number of alkyl carbamates (subject to hydrolysis) is 1. The minimum absolute atomic E-state index is 0.181. The van der Waals surface area contributed by atoms with Gasteiger partial charge in [0.05, 0.1) is 19.3 Å². The van der Waals surface area contributed by atoms with Crippen LogP contribution in [0.1, 0.15) is 13.8 Å². The van der Waals surface area contributed by atoms with E-state index in [1.54, 1.807) is 7.11 Å². The van der Waals surface area contributed by atoms with Crippen LogP contribution in [0.4, 0.5) is 4.79 Å². The van der Waals surface area contributed by atoms with E-state index >= 15 is 0 Å². The van der Waals surface area contributed by atoms with Gasteiger partial charge in [0.2, 0.25) is 0 Å². The van der Waals surface area contributed by atoms with Crippen molar-refractivity contribution in [3.8, 4) is 0 Å². The van der Waals surface area contributed by atoms with Gasteiger partial charge in [0.25, 0.3) is 0 Å². The van der Waals surface area contributed by atoms with Crippen molar-refractivity contribution in [3.63, 3.8) is 0 Å². The third-order valence-electron chi connectivity index (χ3n) is 1.52. The number of hydrogen-bond donors (Lipinski definition) is 2. The maximum atomic E-state index is 11.1. The van der Waals surface area contributed by atoms with Crippen molar-refractivity contribution >= 4 is 6.09 Å². The summed E-state index contributed by atoms with van der Waals surface area (Å²) in [6.45, 7) is 5.10. The van der Waals surface area contributed by atoms with Gasteiger partial charge in [0.15, 0.2) is 0 Å². The number of carbonyl (C=O) groups excluding carboxylic acids is 1. The van der Waals surface area contributed by atoms with Gasteiger partial charge in [-0.1, -0.05) is 13.8 Å². The van der Waals surface area contributed by atoms with Gasteiger partial charge in [-0.2, -0.15) is 0 Å². The number of nitrogens with one attached hydrogen (secondary N) is 1. The fourth-order valence-electron chi connectivity index (χ4n) is 0.821. The minimum atomic E-state index is -0.439. The van der Waals surface area contributed by atoms with Crippen LogP contribution in [0.5, 0.6) is 0 Å². The molecule has 0 bridgehead atoms. The molecule has 1 unspecified atom stereocenters. The van der Waals surface area contributed by atoms with Crippen molar-refractivity contribution in [1.29, 1.82) is 0 Å². The molecule has 0 saturated carbocycles. The summed E-state index contributed by atoms with van der Waals surface area (Å²) in [4.78, 5) is 11.1. The average molecular weight is 204 g/mol. The zero-order chi connectivity index (χ0) is 11.0. The van der Waals surface area contributed by atoms with Crippen LogP contribution in [0, 0.1) is 5.92 Å². The summed E-state index contributed by atoms with van der Waals surface area (Å²) in [5, 5.41) is 2.61. The van der Waals surface area contributed by atoms with Crippen LogP contribution in [-0.2, 0) is 9.47 Å². The summed E-state index contributed by atoms with van der Waals surface area (Å²) < 4.78 is 9.79. The van der Waals surface area contributed by atoms with Gasteiger partial charge in [-0.3, -0.25) is 0 Å². The number of rotatable bonds is 6. The predicted molar refractivity (Wildman–Crippen MR) is 54.0 cm³/mol. The molecule has 0 aliphatic rings. The Labute approximate surface area is 84.9 Å². The molecule has 1 atom stereocenters. The number of hydrogen-bond acceptors (Lipinski definition) is 4. The topological polar surface area (TPSA) is 73.6 Å². The average Bonchev–Trinajstić information content (AvgIpc) is 2.14. The highest BCUT2D eigenvalue weighted by Gasteiger charge is 2.11. The van der Waals surface area contributed by atoms with Crippen LogP contribution in [0.3, 0.4) is 0 Å². The second kappa shape index (κ2) is 7.58. The molecule has 5 nitrogen and oxygen atoms in total. The summed E-state index contributed by atoms with van der Waals surface area (Å²) in [6, 6.07) is -0.181. The van der Waals surface area contributed by atoms with E-state index in [1.165, 1.54) is 0 Å². The normalized spacial score (nSPS) is 12.6. The van der Waals surface area contributed by atoms with Crippen molar-refractivity contribution in [2.75, 3.05) is 26.9 Å². The lowest BCUT2D eigenvalue weighted by Crippen LogP contribution is -2.43. The van der Waals surface area contributed by atoms with Crippen molar-refractivity contribution in [3.05, 3.63) is 0 Å². The Balaban J connectivity index is 3.67. The van der Waals surface area contributed by atoms with Crippen LogP contribution in [0.25, 0.3) is 0 Å². The van der Waals surface area contributed by atoms with E-state index in [9.17, 15) is 4.79 Å². The molecule has 0 saturated heterocycles. The number of nitrogens with two attached hydrogens (primary N) is 1. The first-order valence-corrected chi connectivity index (χ1v) is 4.72. The summed E-state index contributed by atoms with van der Waals surface area (Å²) in [7, 11) is 1.56. The van der Waals surface area contributed by atoms with E-state index in [0.717, 1.165) is 0 Å². The van der Waals surface area contributed by atoms with E-state index in [1.807, 2.05) is 13.8 Å². The van der Waals surface area contributed by atoms with Gasteiger partial charge in [0.1, 0.15) is 0 Å². The molecule has 0 heterocycles. The van der Waals surface area contributed by atoms with E-state index in [2.05, 4.69) is 5.32 Å². The molecule has 0 rings (SSSR count). The van der Waals surface area contributed by atoms with Gasteiger partial charge in [-0.15, -0.1) is 0 Å². The summed E-state index contributed by atoms with van der Waals surface area (Å²) >= 11 is 0. The Kier molecular flexibility index (Phi) is 7.14. The van der Waals surface area contributed by atoms with Gasteiger partial charge in [-0.25, -0.2) is 4.79 Å². The zero-order valence-electron chi connectivity index (χ0n) is 9.08. The molecule has 0 aliphatic heterocycles. The molecule has 5 heteroatoms. The molecule has 84 valence electrons. The van der Waals surface area contributed by atoms with Crippen LogP contribution in [-0.4, -0.2) is 39.0 Å². The molecule has 0 aromatic carbocycles. The van der Waals surface area contributed by atoms with Crippen molar-refractivity contribution in [1.82, 2.24) is 5.32 Å². The fraction of sp³-hybridized carbons (Fsp3) is 0.889. The Morgan fingerprint density at radius 1 is 1.43 bits per heavy atom. The maximum absolute atomic E-state index is 11.1. The maximum Gasteiger partial charge on any atom is 0.407 e. The molecule has 0 fully saturated rings. The lowest BCUT2D eigenvalue weighted by molar-refractivity contribution is 0.117. The van der Waals surface area contributed by atoms with E-state index in [4.69, 9.17) is 15.2 Å². The second-order valence-electron chi connectivity index (χ2n) is 3.52. The van der Waals surface area contributed by atoms with Crippen molar-refractivity contribution < 1.29 is 14.3 Å². The molecule has 3 N–H and O–H groups in total. The van der Waals surface area contributed by atoms with Gasteiger partial charge in [0, 0.05) is 13.7 Å². The molecule has 0 radical (unpaired) electrons. The van der Waals surface area contributed by atoms with Gasteiger partial charge in [-0.05, 0) is 5.92 Å².